The summed E-state index contributed by atoms with van der Waals surface area (Å²) in [6.07, 6.45) is 1.83. The van der Waals surface area contributed by atoms with Gasteiger partial charge in [0, 0.05) is 25.4 Å². The van der Waals surface area contributed by atoms with E-state index in [1.807, 2.05) is 37.5 Å². The van der Waals surface area contributed by atoms with Gasteiger partial charge in [-0.2, -0.15) is 5.10 Å². The van der Waals surface area contributed by atoms with E-state index in [-0.39, 0.29) is 0 Å². The van der Waals surface area contributed by atoms with Gasteiger partial charge in [0.15, 0.2) is 10.9 Å². The number of aryl methyl sites for hydroxylation is 1. The second-order valence-corrected chi connectivity index (χ2v) is 4.43. The molecule has 7 heteroatoms. The van der Waals surface area contributed by atoms with Crippen LogP contribution in [0.1, 0.15) is 0 Å². The highest BCUT2D eigenvalue weighted by atomic mass is 32.1. The molecule has 1 aromatic heterocycles. The molecule has 0 atom stereocenters. The molecule has 0 unspecified atom stereocenters. The Hall–Kier alpha value is -2.28. The Bertz CT molecular complexity index is 612. The topological polar surface area (TPSA) is 60.3 Å². The molecule has 20 heavy (non-hydrogen) atoms. The molecule has 0 saturated heterocycles. The maximum Gasteiger partial charge on any atom is 0.176 e. The highest BCUT2D eigenvalue weighted by molar-refractivity contribution is 7.80. The van der Waals surface area contributed by atoms with Crippen molar-refractivity contribution in [2.45, 2.75) is 0 Å². The van der Waals surface area contributed by atoms with Crippen LogP contribution in [0.3, 0.4) is 0 Å². The van der Waals surface area contributed by atoms with Gasteiger partial charge in [-0.3, -0.25) is 4.68 Å². The predicted molar refractivity (Wildman–Crippen MR) is 82.6 cm³/mol. The maximum absolute atomic E-state index is 5.27. The molecule has 2 N–H and O–H groups in total. The van der Waals surface area contributed by atoms with Gasteiger partial charge in [-0.15, -0.1) is 0 Å². The number of thiocarbonyl (C=S) groups is 1. The molecule has 0 bridgehead atoms. The van der Waals surface area contributed by atoms with Gasteiger partial charge >= 0.3 is 0 Å². The molecule has 0 amide bonds. The number of hydrogen-bond donors (Lipinski definition) is 2. The summed E-state index contributed by atoms with van der Waals surface area (Å²) in [5.41, 5.74) is 0.722. The number of methoxy groups -OCH3 is 2. The van der Waals surface area contributed by atoms with E-state index in [0.29, 0.717) is 22.4 Å². The fourth-order valence-electron chi connectivity index (χ4n) is 1.66. The summed E-state index contributed by atoms with van der Waals surface area (Å²) in [5, 5.41) is 10.7. The smallest absolute Gasteiger partial charge is 0.176 e. The zero-order chi connectivity index (χ0) is 14.5. The van der Waals surface area contributed by atoms with Crippen molar-refractivity contribution < 1.29 is 9.47 Å². The van der Waals surface area contributed by atoms with E-state index in [9.17, 15) is 0 Å². The highest BCUT2D eigenvalue weighted by Gasteiger charge is 2.07. The van der Waals surface area contributed by atoms with Crippen molar-refractivity contribution in [1.82, 2.24) is 9.78 Å². The summed E-state index contributed by atoms with van der Waals surface area (Å²) in [4.78, 5) is 0. The number of benzene rings is 1. The van der Waals surface area contributed by atoms with Crippen molar-refractivity contribution in [2.24, 2.45) is 7.05 Å². The van der Waals surface area contributed by atoms with E-state index in [1.54, 1.807) is 18.9 Å². The van der Waals surface area contributed by atoms with Gasteiger partial charge in [-0.25, -0.2) is 0 Å². The molecule has 0 spiro atoms. The molecule has 0 aliphatic heterocycles. The lowest BCUT2D eigenvalue weighted by atomic mass is 10.2. The van der Waals surface area contributed by atoms with E-state index in [2.05, 4.69) is 15.7 Å². The van der Waals surface area contributed by atoms with Gasteiger partial charge in [0.05, 0.1) is 19.9 Å². The molecule has 0 fully saturated rings. The third kappa shape index (κ3) is 3.39. The number of hydrogen-bond acceptors (Lipinski definition) is 4. The normalized spacial score (nSPS) is 9.95. The third-order valence-corrected chi connectivity index (χ3v) is 2.81. The van der Waals surface area contributed by atoms with Crippen molar-refractivity contribution in [1.29, 1.82) is 0 Å². The zero-order valence-electron chi connectivity index (χ0n) is 11.5. The number of rotatable bonds is 4. The van der Waals surface area contributed by atoms with Crippen LogP contribution in [0.2, 0.25) is 0 Å². The molecule has 106 valence electrons. The van der Waals surface area contributed by atoms with Crippen molar-refractivity contribution in [3.8, 4) is 11.5 Å². The Morgan fingerprint density at radius 1 is 1.20 bits per heavy atom. The minimum atomic E-state index is 0.426. The highest BCUT2D eigenvalue weighted by Crippen LogP contribution is 2.28. The fraction of sp³-hybridized carbons (Fsp3) is 0.231. The van der Waals surface area contributed by atoms with Gasteiger partial charge < -0.3 is 20.1 Å². The average Bonchev–Trinajstić information content (AvgIpc) is 2.83. The molecular weight excluding hydrogens is 276 g/mol. The summed E-state index contributed by atoms with van der Waals surface area (Å²) in [6, 6.07) is 7.27. The Kier molecular flexibility index (Phi) is 4.41. The standard InChI is InChI=1S/C13H16N4O2S/c1-17-7-6-12(16-17)15-13(20)14-10-8-9(18-2)4-5-11(10)19-3/h4-8H,1-3H3,(H2,14,15,16,20). The molecule has 1 heterocycles. The lowest BCUT2D eigenvalue weighted by Crippen LogP contribution is -2.20. The van der Waals surface area contributed by atoms with Gasteiger partial charge in [-0.05, 0) is 24.4 Å². The van der Waals surface area contributed by atoms with Gasteiger partial charge in [-0.1, -0.05) is 0 Å². The summed E-state index contributed by atoms with van der Waals surface area (Å²) < 4.78 is 12.1. The fourth-order valence-corrected chi connectivity index (χ4v) is 1.88. The van der Waals surface area contributed by atoms with Crippen molar-refractivity contribution >= 4 is 28.8 Å². The Morgan fingerprint density at radius 2 is 2.00 bits per heavy atom. The van der Waals surface area contributed by atoms with Crippen molar-refractivity contribution in [2.75, 3.05) is 24.9 Å². The summed E-state index contributed by atoms with van der Waals surface area (Å²) in [7, 11) is 5.05. The number of aromatic nitrogens is 2. The lowest BCUT2D eigenvalue weighted by molar-refractivity contribution is 0.405. The SMILES string of the molecule is COc1ccc(OC)c(NC(=S)Nc2ccn(C)n2)c1. The van der Waals surface area contributed by atoms with Crippen LogP contribution in [0.25, 0.3) is 0 Å². The van der Waals surface area contributed by atoms with E-state index in [1.165, 1.54) is 0 Å². The monoisotopic (exact) mass is 292 g/mol. The molecule has 0 aliphatic carbocycles. The van der Waals surface area contributed by atoms with Crippen molar-refractivity contribution in [3.63, 3.8) is 0 Å². The summed E-state index contributed by atoms with van der Waals surface area (Å²) in [6.45, 7) is 0. The second kappa shape index (κ2) is 6.25. The Labute approximate surface area is 122 Å². The largest absolute Gasteiger partial charge is 0.497 e. The van der Waals surface area contributed by atoms with E-state index < -0.39 is 0 Å². The van der Waals surface area contributed by atoms with Crippen molar-refractivity contribution in [3.05, 3.63) is 30.5 Å². The van der Waals surface area contributed by atoms with Crippen LogP contribution in [0.5, 0.6) is 11.5 Å². The Balaban J connectivity index is 2.10. The molecule has 0 radical (unpaired) electrons. The number of ether oxygens (including phenoxy) is 2. The maximum atomic E-state index is 5.27. The third-order valence-electron chi connectivity index (χ3n) is 2.61. The minimum absolute atomic E-state index is 0.426. The first-order chi connectivity index (χ1) is 9.62. The van der Waals surface area contributed by atoms with Crippen LogP contribution in [-0.4, -0.2) is 29.1 Å². The van der Waals surface area contributed by atoms with Crippen LogP contribution in [-0.2, 0) is 7.05 Å². The van der Waals surface area contributed by atoms with Crippen LogP contribution in [0.15, 0.2) is 30.5 Å². The van der Waals surface area contributed by atoms with E-state index >= 15 is 0 Å². The molecule has 2 aromatic rings. The van der Waals surface area contributed by atoms with Crippen LogP contribution >= 0.6 is 12.2 Å². The Morgan fingerprint density at radius 3 is 2.60 bits per heavy atom. The van der Waals surface area contributed by atoms with Gasteiger partial charge in [0.2, 0.25) is 0 Å². The molecule has 2 rings (SSSR count). The first-order valence-corrected chi connectivity index (χ1v) is 6.33. The lowest BCUT2D eigenvalue weighted by Gasteiger charge is -2.13. The molecule has 1 aromatic carbocycles. The number of anilines is 2. The average molecular weight is 292 g/mol. The van der Waals surface area contributed by atoms with Gasteiger partial charge in [0.25, 0.3) is 0 Å². The van der Waals surface area contributed by atoms with Gasteiger partial charge in [0.1, 0.15) is 11.5 Å². The summed E-state index contributed by atoms with van der Waals surface area (Å²) in [5.74, 6) is 2.07. The van der Waals surface area contributed by atoms with E-state index in [0.717, 1.165) is 5.69 Å². The number of nitrogens with zero attached hydrogens (tertiary/aromatic N) is 2. The minimum Gasteiger partial charge on any atom is -0.497 e. The summed E-state index contributed by atoms with van der Waals surface area (Å²) >= 11 is 5.25. The number of nitrogens with one attached hydrogen (secondary N) is 2. The van der Waals surface area contributed by atoms with Crippen LogP contribution in [0, 0.1) is 0 Å². The molecule has 0 aliphatic rings. The second-order valence-electron chi connectivity index (χ2n) is 4.02. The quantitative estimate of drug-likeness (QED) is 0.843. The predicted octanol–water partition coefficient (Wildman–Crippen LogP) is 2.25. The molecule has 6 nitrogen and oxygen atoms in total. The molecule has 0 saturated carbocycles. The van der Waals surface area contributed by atoms with E-state index in [4.69, 9.17) is 21.7 Å². The van der Waals surface area contributed by atoms with Crippen LogP contribution < -0.4 is 20.1 Å². The molecular formula is C13H16N4O2S. The van der Waals surface area contributed by atoms with Crippen LogP contribution in [0.4, 0.5) is 11.5 Å². The first-order valence-electron chi connectivity index (χ1n) is 5.92. The zero-order valence-corrected chi connectivity index (χ0v) is 12.3. The first kappa shape index (κ1) is 14.1.